The largest absolute Gasteiger partial charge is 0.488 e. The number of halogens is 1. The van der Waals surface area contributed by atoms with E-state index in [1.165, 1.54) is 17.3 Å². The van der Waals surface area contributed by atoms with Gasteiger partial charge in [-0.3, -0.25) is 4.79 Å². The Hall–Kier alpha value is -2.44. The molecular formula is C24H25BrN2O2S. The Labute approximate surface area is 190 Å². The minimum Gasteiger partial charge on any atom is -0.488 e. The molecule has 1 aliphatic rings. The number of thioether (sulfide) groups is 1. The molecule has 2 aromatic rings. The van der Waals surface area contributed by atoms with E-state index in [1.807, 2.05) is 36.4 Å². The van der Waals surface area contributed by atoms with E-state index in [0.29, 0.717) is 17.9 Å². The van der Waals surface area contributed by atoms with Gasteiger partial charge in [0.1, 0.15) is 12.4 Å². The number of hydrogen-bond acceptors (Lipinski definition) is 4. The van der Waals surface area contributed by atoms with Crippen LogP contribution in [0.1, 0.15) is 23.6 Å². The van der Waals surface area contributed by atoms with Gasteiger partial charge in [0.25, 0.3) is 5.91 Å². The zero-order chi connectivity index (χ0) is 21.5. The van der Waals surface area contributed by atoms with Crippen LogP contribution in [0.5, 0.6) is 5.75 Å². The number of anilines is 1. The van der Waals surface area contributed by atoms with E-state index in [4.69, 9.17) is 4.74 Å². The number of rotatable bonds is 9. The normalized spacial score (nSPS) is 16.9. The van der Waals surface area contributed by atoms with Crippen molar-refractivity contribution in [2.75, 3.05) is 11.9 Å². The lowest BCUT2D eigenvalue weighted by Gasteiger charge is -2.13. The van der Waals surface area contributed by atoms with Crippen LogP contribution in [-0.4, -0.2) is 18.0 Å². The Morgan fingerprint density at radius 1 is 1.23 bits per heavy atom. The van der Waals surface area contributed by atoms with Crippen molar-refractivity contribution in [3.63, 3.8) is 0 Å². The van der Waals surface area contributed by atoms with Gasteiger partial charge in [-0.25, -0.2) is 0 Å². The van der Waals surface area contributed by atoms with Crippen molar-refractivity contribution < 1.29 is 9.53 Å². The molecule has 1 amide bonds. The molecule has 1 saturated heterocycles. The summed E-state index contributed by atoms with van der Waals surface area (Å²) in [6.45, 7) is 10.1. The predicted octanol–water partition coefficient (Wildman–Crippen LogP) is 5.90. The first kappa shape index (κ1) is 22.2. The number of ether oxygens (including phenoxy) is 1. The molecule has 3 rings (SSSR count). The first-order valence-electron chi connectivity index (χ1n) is 9.75. The third-order valence-corrected chi connectivity index (χ3v) is 6.16. The third-order valence-electron chi connectivity index (χ3n) is 4.54. The molecule has 1 atom stereocenters. The van der Waals surface area contributed by atoms with Gasteiger partial charge in [-0.05, 0) is 75.8 Å². The lowest BCUT2D eigenvalue weighted by molar-refractivity contribution is -0.116. The molecule has 0 aromatic heterocycles. The van der Waals surface area contributed by atoms with Crippen LogP contribution in [-0.2, 0) is 17.6 Å². The second-order valence-electron chi connectivity index (χ2n) is 6.76. The van der Waals surface area contributed by atoms with Crippen LogP contribution in [0.2, 0.25) is 0 Å². The van der Waals surface area contributed by atoms with Crippen molar-refractivity contribution in [3.05, 3.63) is 87.8 Å². The summed E-state index contributed by atoms with van der Waals surface area (Å²) in [5.41, 5.74) is 3.98. The molecular weight excluding hydrogens is 460 g/mol. The van der Waals surface area contributed by atoms with Crippen LogP contribution in [0.4, 0.5) is 5.69 Å². The molecule has 2 N–H and O–H groups in total. The summed E-state index contributed by atoms with van der Waals surface area (Å²) < 4.78 is 6.63. The number of carbonyl (C=O) groups excluding carboxylic acids is 1. The molecule has 156 valence electrons. The Kier molecular flexibility index (Phi) is 7.82. The van der Waals surface area contributed by atoms with Crippen LogP contribution in [0, 0.1) is 0 Å². The topological polar surface area (TPSA) is 50.4 Å². The van der Waals surface area contributed by atoms with Crippen molar-refractivity contribution in [3.8, 4) is 5.75 Å². The van der Waals surface area contributed by atoms with Gasteiger partial charge in [0.05, 0.1) is 9.38 Å². The van der Waals surface area contributed by atoms with Gasteiger partial charge >= 0.3 is 0 Å². The van der Waals surface area contributed by atoms with Crippen LogP contribution in [0.3, 0.4) is 0 Å². The summed E-state index contributed by atoms with van der Waals surface area (Å²) in [6, 6.07) is 12.2. The fourth-order valence-corrected chi connectivity index (χ4v) is 4.69. The molecule has 0 saturated carbocycles. The highest BCUT2D eigenvalue weighted by atomic mass is 79.9. The monoisotopic (exact) mass is 484 g/mol. The first-order valence-corrected chi connectivity index (χ1v) is 11.4. The highest BCUT2D eigenvalue weighted by molar-refractivity contribution is 9.10. The highest BCUT2D eigenvalue weighted by Gasteiger charge is 2.27. The second-order valence-corrected chi connectivity index (χ2v) is 8.76. The minimum absolute atomic E-state index is 0.0870. The maximum atomic E-state index is 12.5. The van der Waals surface area contributed by atoms with E-state index < -0.39 is 0 Å². The molecule has 1 aliphatic heterocycles. The maximum Gasteiger partial charge on any atom is 0.260 e. The lowest BCUT2D eigenvalue weighted by atomic mass is 10.1. The average Bonchev–Trinajstić information content (AvgIpc) is 3.07. The summed E-state index contributed by atoms with van der Waals surface area (Å²) in [5.74, 6) is 0.687. The Balaban J connectivity index is 1.77. The van der Waals surface area contributed by atoms with Gasteiger partial charge < -0.3 is 15.4 Å². The van der Waals surface area contributed by atoms with E-state index in [-0.39, 0.29) is 11.4 Å². The van der Waals surface area contributed by atoms with Crippen LogP contribution >= 0.6 is 27.7 Å². The molecule has 0 aliphatic carbocycles. The zero-order valence-electron chi connectivity index (χ0n) is 16.9. The molecule has 1 heterocycles. The molecule has 4 nitrogen and oxygen atoms in total. The summed E-state index contributed by atoms with van der Waals surface area (Å²) in [7, 11) is 0. The quantitative estimate of drug-likeness (QED) is 0.343. The van der Waals surface area contributed by atoms with Crippen LogP contribution < -0.4 is 15.4 Å². The molecule has 30 heavy (non-hydrogen) atoms. The summed E-state index contributed by atoms with van der Waals surface area (Å²) in [6.07, 6.45) is 7.11. The molecule has 6 heteroatoms. The lowest BCUT2D eigenvalue weighted by Crippen LogP contribution is -2.30. The first-order chi connectivity index (χ1) is 14.5. The standard InChI is InChI=1S/C24H25BrN2O2S/c1-4-7-18-13-17(14-20(25)22(18)29-12-5-2)15-21-23(28)27-24(30-21)26-19-10-8-16(6-3)9-11-19/h4-5,8-11,13-15,24,26H,1-2,6-7,12H2,3H3,(H,27,28)/b21-15-/t24-/m1/s1. The van der Waals surface area contributed by atoms with Gasteiger partial charge in [-0.15, -0.1) is 6.58 Å². The van der Waals surface area contributed by atoms with Gasteiger partial charge in [0, 0.05) is 5.69 Å². The predicted molar refractivity (Wildman–Crippen MR) is 131 cm³/mol. The molecule has 1 fully saturated rings. The van der Waals surface area contributed by atoms with Crippen LogP contribution in [0.25, 0.3) is 6.08 Å². The van der Waals surface area contributed by atoms with Crippen molar-refractivity contribution in [1.29, 1.82) is 0 Å². The molecule has 0 bridgehead atoms. The summed E-state index contributed by atoms with van der Waals surface area (Å²) >= 11 is 5.06. The SMILES string of the molecule is C=CCOc1c(Br)cc(/C=C2\S[C@H](Nc3ccc(CC)cc3)NC2=O)cc1CC=C. The summed E-state index contributed by atoms with van der Waals surface area (Å²) in [5, 5.41) is 6.33. The minimum atomic E-state index is -0.206. The summed E-state index contributed by atoms with van der Waals surface area (Å²) in [4.78, 5) is 13.1. The highest BCUT2D eigenvalue weighted by Crippen LogP contribution is 2.35. The number of hydrogen-bond donors (Lipinski definition) is 2. The number of carbonyl (C=O) groups is 1. The van der Waals surface area contributed by atoms with Crippen LogP contribution in [0.15, 0.2) is 71.1 Å². The fraction of sp³-hybridized carbons (Fsp3) is 0.208. The van der Waals surface area contributed by atoms with E-state index in [2.05, 4.69) is 58.8 Å². The number of aryl methyl sites for hydroxylation is 1. The average molecular weight is 485 g/mol. The fourth-order valence-electron chi connectivity index (χ4n) is 3.07. The number of nitrogens with one attached hydrogen (secondary N) is 2. The molecule has 0 unspecified atom stereocenters. The molecule has 0 radical (unpaired) electrons. The van der Waals surface area contributed by atoms with Crippen molar-refractivity contribution in [2.24, 2.45) is 0 Å². The number of benzene rings is 2. The van der Waals surface area contributed by atoms with Crippen molar-refractivity contribution in [2.45, 2.75) is 25.3 Å². The third kappa shape index (κ3) is 5.58. The number of amides is 1. The smallest absolute Gasteiger partial charge is 0.260 e. The Bertz CT molecular complexity index is 970. The van der Waals surface area contributed by atoms with E-state index in [9.17, 15) is 4.79 Å². The maximum absolute atomic E-state index is 12.5. The van der Waals surface area contributed by atoms with Crippen molar-refractivity contribution >= 4 is 45.4 Å². The number of allylic oxidation sites excluding steroid dienone is 1. The second kappa shape index (κ2) is 10.5. The van der Waals surface area contributed by atoms with Gasteiger partial charge in [0.15, 0.2) is 5.50 Å². The van der Waals surface area contributed by atoms with E-state index in [0.717, 1.165) is 33.5 Å². The van der Waals surface area contributed by atoms with Gasteiger partial charge in [0.2, 0.25) is 0 Å². The Morgan fingerprint density at radius 3 is 2.67 bits per heavy atom. The van der Waals surface area contributed by atoms with E-state index in [1.54, 1.807) is 6.08 Å². The Morgan fingerprint density at radius 2 is 2.00 bits per heavy atom. The van der Waals surface area contributed by atoms with Gasteiger partial charge in [-0.2, -0.15) is 0 Å². The zero-order valence-corrected chi connectivity index (χ0v) is 19.3. The van der Waals surface area contributed by atoms with E-state index >= 15 is 0 Å². The molecule has 0 spiro atoms. The van der Waals surface area contributed by atoms with Gasteiger partial charge in [-0.1, -0.05) is 49.5 Å². The molecule has 2 aromatic carbocycles. The van der Waals surface area contributed by atoms with Crippen molar-refractivity contribution in [1.82, 2.24) is 5.32 Å².